The predicted octanol–water partition coefficient (Wildman–Crippen LogP) is 3.12. The van der Waals surface area contributed by atoms with Crippen LogP contribution in [0, 0.1) is 0 Å². The van der Waals surface area contributed by atoms with E-state index in [1.165, 1.54) is 41.5 Å². The molecule has 0 saturated heterocycles. The van der Waals surface area contributed by atoms with Gasteiger partial charge in [0, 0.05) is 6.61 Å². The quantitative estimate of drug-likeness (QED) is 0.331. The largest absolute Gasteiger partial charge is 0.480 e. The van der Waals surface area contributed by atoms with Crippen LogP contribution in [-0.4, -0.2) is 59.2 Å². The molecule has 0 aliphatic rings. The van der Waals surface area contributed by atoms with E-state index in [1.54, 1.807) is 0 Å². The summed E-state index contributed by atoms with van der Waals surface area (Å²) in [5.41, 5.74) is 0. The zero-order chi connectivity index (χ0) is 22.4. The Bertz CT molecular complexity index is 346. The molecule has 0 aromatic heterocycles. The second-order valence-corrected chi connectivity index (χ2v) is 10.0. The molecule has 0 atom stereocenters. The number of aliphatic hydroxyl groups excluding tert-OH is 1. The van der Waals surface area contributed by atoms with Crippen molar-refractivity contribution in [1.82, 2.24) is 0 Å². The molecule has 0 saturated carbocycles. The van der Waals surface area contributed by atoms with Crippen molar-refractivity contribution in [2.45, 2.75) is 75.5 Å². The molecule has 0 spiro atoms. The van der Waals surface area contributed by atoms with Gasteiger partial charge in [0.15, 0.2) is 0 Å². The summed E-state index contributed by atoms with van der Waals surface area (Å²) in [5, 5.41) is 32.6. The molecule has 0 unspecified atom stereocenters. The van der Waals surface area contributed by atoms with Gasteiger partial charge in [-0.1, -0.05) is 13.3 Å². The molecule has 4 N–H and O–H groups in total. The summed E-state index contributed by atoms with van der Waals surface area (Å²) >= 11 is 11.2. The van der Waals surface area contributed by atoms with E-state index in [0.29, 0.717) is 6.61 Å². The summed E-state index contributed by atoms with van der Waals surface area (Å²) in [5.74, 6) is -2.68. The molecule has 0 aliphatic heterocycles. The number of carboxylic acids is 3. The molecular weight excluding hydrogens is 400 g/mol. The number of unbranched alkanes of at least 4 members (excludes halogenated alkanes) is 1. The van der Waals surface area contributed by atoms with E-state index in [-0.39, 0.29) is 0 Å². The third-order valence-electron chi connectivity index (χ3n) is 2.08. The van der Waals surface area contributed by atoms with Crippen molar-refractivity contribution in [2.24, 2.45) is 0 Å². The molecule has 0 aromatic carbocycles. The molecular formula is C16H34O7S3. The Morgan fingerprint density at radius 2 is 0.846 bits per heavy atom. The fourth-order valence-electron chi connectivity index (χ4n) is 0.158. The Morgan fingerprint density at radius 1 is 0.692 bits per heavy atom. The lowest BCUT2D eigenvalue weighted by molar-refractivity contribution is -0.139. The van der Waals surface area contributed by atoms with Gasteiger partial charge >= 0.3 is 17.9 Å². The van der Waals surface area contributed by atoms with Crippen LogP contribution in [0.4, 0.5) is 0 Å². The maximum Gasteiger partial charge on any atom is 0.318 e. The van der Waals surface area contributed by atoms with Gasteiger partial charge in [0.2, 0.25) is 0 Å². The minimum absolute atomic E-state index is 0.344. The third-order valence-corrected chi connectivity index (χ3v) is 2.66. The van der Waals surface area contributed by atoms with Gasteiger partial charge in [-0.25, -0.2) is 0 Å². The number of hydrogen-bond donors (Lipinski definition) is 7. The Labute approximate surface area is 172 Å². The second kappa shape index (κ2) is 15.5. The molecule has 0 amide bonds. The van der Waals surface area contributed by atoms with Crippen molar-refractivity contribution in [2.75, 3.05) is 6.61 Å². The molecule has 158 valence electrons. The highest BCUT2D eigenvalue weighted by Gasteiger charge is 2.21. The lowest BCUT2D eigenvalue weighted by atomic mass is 10.2. The Kier molecular flexibility index (Phi) is 19.7. The van der Waals surface area contributed by atoms with Crippen molar-refractivity contribution in [3.8, 4) is 0 Å². The summed E-state index contributed by atoms with van der Waals surface area (Å²) < 4.78 is -2.67. The van der Waals surface area contributed by atoms with Crippen molar-refractivity contribution < 1.29 is 34.8 Å². The smallest absolute Gasteiger partial charge is 0.318 e. The van der Waals surface area contributed by atoms with Crippen LogP contribution in [0.3, 0.4) is 0 Å². The van der Waals surface area contributed by atoms with Crippen LogP contribution in [0.5, 0.6) is 0 Å². The highest BCUT2D eigenvalue weighted by Crippen LogP contribution is 2.11. The second-order valence-electron chi connectivity index (χ2n) is 6.67. The fraction of sp³-hybridized carbons (Fsp3) is 0.812. The zero-order valence-electron chi connectivity index (χ0n) is 16.5. The van der Waals surface area contributed by atoms with Crippen molar-refractivity contribution in [1.29, 1.82) is 0 Å². The van der Waals surface area contributed by atoms with Crippen LogP contribution in [0.25, 0.3) is 0 Å². The average molecular weight is 435 g/mol. The number of thiol groups is 3. The number of aliphatic hydroxyl groups is 1. The Hall–Kier alpha value is -0.580. The molecule has 0 bridgehead atoms. The normalized spacial score (nSPS) is 10.7. The molecule has 0 rings (SSSR count). The minimum atomic E-state index is -0.893. The minimum Gasteiger partial charge on any atom is -0.480 e. The van der Waals surface area contributed by atoms with Crippen LogP contribution in [0.2, 0.25) is 0 Å². The number of rotatable bonds is 5. The van der Waals surface area contributed by atoms with E-state index in [2.05, 4.69) is 44.8 Å². The molecule has 0 aliphatic carbocycles. The zero-order valence-corrected chi connectivity index (χ0v) is 19.2. The van der Waals surface area contributed by atoms with Gasteiger partial charge in [-0.2, -0.15) is 37.9 Å². The first kappa shape index (κ1) is 33.0. The summed E-state index contributed by atoms with van der Waals surface area (Å²) in [7, 11) is 0. The molecule has 7 nitrogen and oxygen atoms in total. The van der Waals surface area contributed by atoms with Gasteiger partial charge < -0.3 is 20.4 Å². The first-order valence-corrected chi connectivity index (χ1v) is 9.07. The number of carboxylic acid groups (broad SMARTS) is 3. The standard InChI is InChI=1S/3C4H8O2S.C4H10O/c3*1-4(2,7)3(5)6;1-2-3-4-5/h3*7H,1-2H3,(H,5,6);5H,2-4H2,1H3. The molecule has 10 heteroatoms. The number of aliphatic carboxylic acids is 3. The maximum atomic E-state index is 9.94. The lowest BCUT2D eigenvalue weighted by Gasteiger charge is -2.07. The molecule has 0 radical (unpaired) electrons. The van der Waals surface area contributed by atoms with Crippen LogP contribution < -0.4 is 0 Å². The van der Waals surface area contributed by atoms with Gasteiger partial charge in [-0.3, -0.25) is 14.4 Å². The number of hydrogen-bond acceptors (Lipinski definition) is 7. The van der Waals surface area contributed by atoms with E-state index in [1.807, 2.05) is 0 Å². The van der Waals surface area contributed by atoms with Crippen molar-refractivity contribution >= 4 is 55.8 Å². The van der Waals surface area contributed by atoms with Gasteiger partial charge in [0.1, 0.15) is 14.2 Å². The van der Waals surface area contributed by atoms with Crippen LogP contribution in [0.15, 0.2) is 0 Å². The maximum absolute atomic E-state index is 9.94. The first-order valence-electron chi connectivity index (χ1n) is 7.73. The average Bonchev–Trinajstić information content (AvgIpc) is 2.38. The van der Waals surface area contributed by atoms with E-state index in [0.717, 1.165) is 12.8 Å². The summed E-state index contributed by atoms with van der Waals surface area (Å²) in [4.78, 5) is 29.8. The molecule has 0 heterocycles. The van der Waals surface area contributed by atoms with Gasteiger partial charge in [0.05, 0.1) is 0 Å². The van der Waals surface area contributed by atoms with Gasteiger partial charge in [0.25, 0.3) is 0 Å². The SMILES string of the molecule is CC(C)(S)C(=O)O.CC(C)(S)C(=O)O.CC(C)(S)C(=O)O.CCCCO. The summed E-state index contributed by atoms with van der Waals surface area (Å²) in [6.45, 7) is 11.6. The van der Waals surface area contributed by atoms with Crippen LogP contribution in [0.1, 0.15) is 61.3 Å². The first-order chi connectivity index (χ1) is 11.2. The van der Waals surface area contributed by atoms with Crippen molar-refractivity contribution in [3.05, 3.63) is 0 Å². The number of carbonyl (C=O) groups is 3. The van der Waals surface area contributed by atoms with Crippen molar-refractivity contribution in [3.63, 3.8) is 0 Å². The highest BCUT2D eigenvalue weighted by atomic mass is 32.1. The predicted molar refractivity (Wildman–Crippen MR) is 114 cm³/mol. The van der Waals surface area contributed by atoms with Gasteiger partial charge in [-0.15, -0.1) is 0 Å². The van der Waals surface area contributed by atoms with E-state index in [9.17, 15) is 14.4 Å². The highest BCUT2D eigenvalue weighted by molar-refractivity contribution is 7.83. The third kappa shape index (κ3) is 31.2. The monoisotopic (exact) mass is 434 g/mol. The summed E-state index contributed by atoms with van der Waals surface area (Å²) in [6, 6.07) is 0. The molecule has 0 aromatic rings. The molecule has 0 fully saturated rings. The lowest BCUT2D eigenvalue weighted by Crippen LogP contribution is -2.23. The van der Waals surface area contributed by atoms with E-state index < -0.39 is 32.1 Å². The fourth-order valence-corrected chi connectivity index (χ4v) is 0.158. The van der Waals surface area contributed by atoms with Gasteiger partial charge in [-0.05, 0) is 48.0 Å². The van der Waals surface area contributed by atoms with E-state index >= 15 is 0 Å². The summed E-state index contributed by atoms with van der Waals surface area (Å²) in [6.07, 6.45) is 2.04. The Morgan fingerprint density at radius 3 is 0.846 bits per heavy atom. The molecule has 26 heavy (non-hydrogen) atoms. The van der Waals surface area contributed by atoms with E-state index in [4.69, 9.17) is 20.4 Å². The van der Waals surface area contributed by atoms with Crippen LogP contribution >= 0.6 is 37.9 Å². The topological polar surface area (TPSA) is 132 Å². The Balaban J connectivity index is -0.000000125. The van der Waals surface area contributed by atoms with Crippen LogP contribution in [-0.2, 0) is 14.4 Å².